The summed E-state index contributed by atoms with van der Waals surface area (Å²) in [6.07, 6.45) is 5.77. The second-order valence-electron chi connectivity index (χ2n) is 4.63. The van der Waals surface area contributed by atoms with Gasteiger partial charge in [-0.05, 0) is 19.8 Å². The van der Waals surface area contributed by atoms with E-state index in [9.17, 15) is 9.59 Å². The first-order valence-corrected chi connectivity index (χ1v) is 6.79. The SMILES string of the molecule is CCn1ccnc(NCCCN2CCCC2=O)c1=O. The number of hydrogen-bond donors (Lipinski definition) is 1. The van der Waals surface area contributed by atoms with E-state index in [2.05, 4.69) is 10.3 Å². The highest BCUT2D eigenvalue weighted by atomic mass is 16.2. The van der Waals surface area contributed by atoms with E-state index in [1.54, 1.807) is 17.0 Å². The van der Waals surface area contributed by atoms with Gasteiger partial charge in [-0.25, -0.2) is 4.98 Å². The third-order valence-corrected chi connectivity index (χ3v) is 3.32. The van der Waals surface area contributed by atoms with Crippen molar-refractivity contribution in [1.29, 1.82) is 0 Å². The number of anilines is 1. The monoisotopic (exact) mass is 264 g/mol. The van der Waals surface area contributed by atoms with E-state index in [0.717, 1.165) is 25.9 Å². The first-order valence-electron chi connectivity index (χ1n) is 6.79. The molecule has 2 rings (SSSR count). The molecule has 1 aromatic rings. The fourth-order valence-electron chi connectivity index (χ4n) is 2.23. The molecule has 0 atom stereocenters. The lowest BCUT2D eigenvalue weighted by Gasteiger charge is -2.15. The number of carbonyl (C=O) groups excluding carboxylic acids is 1. The Bertz CT molecular complexity index is 498. The molecule has 1 aromatic heterocycles. The molecule has 2 heterocycles. The van der Waals surface area contributed by atoms with Gasteiger partial charge in [-0.1, -0.05) is 0 Å². The summed E-state index contributed by atoms with van der Waals surface area (Å²) in [5.74, 6) is 0.628. The van der Waals surface area contributed by atoms with Gasteiger partial charge < -0.3 is 14.8 Å². The number of nitrogens with zero attached hydrogens (tertiary/aromatic N) is 3. The zero-order chi connectivity index (χ0) is 13.7. The Morgan fingerprint density at radius 2 is 2.26 bits per heavy atom. The second kappa shape index (κ2) is 6.36. The van der Waals surface area contributed by atoms with Crippen LogP contribution >= 0.6 is 0 Å². The molecule has 1 fully saturated rings. The summed E-state index contributed by atoms with van der Waals surface area (Å²) < 4.78 is 1.61. The number of rotatable bonds is 6. The van der Waals surface area contributed by atoms with Crippen LogP contribution in [0, 0.1) is 0 Å². The van der Waals surface area contributed by atoms with Crippen LogP contribution in [-0.4, -0.2) is 40.0 Å². The van der Waals surface area contributed by atoms with Gasteiger partial charge in [-0.15, -0.1) is 0 Å². The normalized spacial score (nSPS) is 15.0. The highest BCUT2D eigenvalue weighted by Gasteiger charge is 2.18. The molecule has 6 nitrogen and oxygen atoms in total. The maximum absolute atomic E-state index is 11.9. The van der Waals surface area contributed by atoms with Crippen LogP contribution in [0.15, 0.2) is 17.2 Å². The zero-order valence-corrected chi connectivity index (χ0v) is 11.3. The average molecular weight is 264 g/mol. The van der Waals surface area contributed by atoms with Crippen molar-refractivity contribution in [1.82, 2.24) is 14.5 Å². The first-order chi connectivity index (χ1) is 9.22. The highest BCUT2D eigenvalue weighted by Crippen LogP contribution is 2.09. The maximum atomic E-state index is 11.9. The zero-order valence-electron chi connectivity index (χ0n) is 11.3. The van der Waals surface area contributed by atoms with Crippen LogP contribution in [0.3, 0.4) is 0 Å². The van der Waals surface area contributed by atoms with Gasteiger partial charge in [0.15, 0.2) is 5.82 Å². The summed E-state index contributed by atoms with van der Waals surface area (Å²) in [5, 5.41) is 3.04. The number of carbonyl (C=O) groups is 1. The molecule has 1 amide bonds. The van der Waals surface area contributed by atoms with Crippen molar-refractivity contribution >= 4 is 11.7 Å². The Morgan fingerprint density at radius 1 is 1.42 bits per heavy atom. The second-order valence-corrected chi connectivity index (χ2v) is 4.63. The maximum Gasteiger partial charge on any atom is 0.293 e. The van der Waals surface area contributed by atoms with Crippen molar-refractivity contribution in [2.45, 2.75) is 32.7 Å². The lowest BCUT2D eigenvalue weighted by molar-refractivity contribution is -0.127. The largest absolute Gasteiger partial charge is 0.365 e. The predicted molar refractivity (Wildman–Crippen MR) is 73.1 cm³/mol. The van der Waals surface area contributed by atoms with Crippen LogP contribution < -0.4 is 10.9 Å². The summed E-state index contributed by atoms with van der Waals surface area (Å²) in [7, 11) is 0. The van der Waals surface area contributed by atoms with Crippen LogP contribution in [0.1, 0.15) is 26.2 Å². The van der Waals surface area contributed by atoms with Gasteiger partial charge in [0.25, 0.3) is 5.56 Å². The van der Waals surface area contributed by atoms with E-state index in [0.29, 0.717) is 25.3 Å². The van der Waals surface area contributed by atoms with Gasteiger partial charge >= 0.3 is 0 Å². The van der Waals surface area contributed by atoms with Crippen molar-refractivity contribution < 1.29 is 4.79 Å². The van der Waals surface area contributed by atoms with Gasteiger partial charge in [0.1, 0.15) is 0 Å². The first kappa shape index (κ1) is 13.6. The van der Waals surface area contributed by atoms with E-state index in [-0.39, 0.29) is 11.5 Å². The Balaban J connectivity index is 1.80. The minimum atomic E-state index is -0.0951. The third kappa shape index (κ3) is 3.33. The molecule has 1 N–H and O–H groups in total. The Kier molecular flexibility index (Phi) is 4.54. The third-order valence-electron chi connectivity index (χ3n) is 3.32. The summed E-state index contributed by atoms with van der Waals surface area (Å²) in [5.41, 5.74) is -0.0951. The summed E-state index contributed by atoms with van der Waals surface area (Å²) >= 11 is 0. The molecule has 0 radical (unpaired) electrons. The van der Waals surface area contributed by atoms with Crippen molar-refractivity contribution in [3.63, 3.8) is 0 Å². The molecule has 0 bridgehead atoms. The molecule has 1 saturated heterocycles. The van der Waals surface area contributed by atoms with Crippen molar-refractivity contribution in [2.75, 3.05) is 25.0 Å². The molecule has 19 heavy (non-hydrogen) atoms. The predicted octanol–water partition coefficient (Wildman–Crippen LogP) is 0.688. The van der Waals surface area contributed by atoms with Crippen molar-refractivity contribution in [2.24, 2.45) is 0 Å². The summed E-state index contributed by atoms with van der Waals surface area (Å²) in [6.45, 7) is 4.83. The molecule has 0 saturated carbocycles. The van der Waals surface area contributed by atoms with E-state index in [1.807, 2.05) is 11.8 Å². The van der Waals surface area contributed by atoms with E-state index in [1.165, 1.54) is 0 Å². The number of amides is 1. The lowest BCUT2D eigenvalue weighted by Crippen LogP contribution is -2.28. The average Bonchev–Trinajstić information content (AvgIpc) is 2.82. The molecule has 104 valence electrons. The Hall–Kier alpha value is -1.85. The van der Waals surface area contributed by atoms with Crippen LogP contribution in [-0.2, 0) is 11.3 Å². The quantitative estimate of drug-likeness (QED) is 0.768. The Morgan fingerprint density at radius 3 is 2.95 bits per heavy atom. The van der Waals surface area contributed by atoms with Gasteiger partial charge in [-0.3, -0.25) is 9.59 Å². The molecule has 0 aliphatic carbocycles. The highest BCUT2D eigenvalue weighted by molar-refractivity contribution is 5.77. The van der Waals surface area contributed by atoms with Crippen LogP contribution in [0.5, 0.6) is 0 Å². The fraction of sp³-hybridized carbons (Fsp3) is 0.615. The smallest absolute Gasteiger partial charge is 0.293 e. The number of nitrogens with one attached hydrogen (secondary N) is 1. The van der Waals surface area contributed by atoms with E-state index in [4.69, 9.17) is 0 Å². The molecular weight excluding hydrogens is 244 g/mol. The molecule has 0 aromatic carbocycles. The fourth-order valence-corrected chi connectivity index (χ4v) is 2.23. The van der Waals surface area contributed by atoms with Crippen molar-refractivity contribution in [3.8, 4) is 0 Å². The molecule has 1 aliphatic rings. The molecular formula is C13H20N4O2. The van der Waals surface area contributed by atoms with Gasteiger partial charge in [0.2, 0.25) is 5.91 Å². The molecule has 6 heteroatoms. The van der Waals surface area contributed by atoms with Crippen molar-refractivity contribution in [3.05, 3.63) is 22.7 Å². The van der Waals surface area contributed by atoms with Gasteiger partial charge in [-0.2, -0.15) is 0 Å². The topological polar surface area (TPSA) is 67.2 Å². The minimum Gasteiger partial charge on any atom is -0.365 e. The van der Waals surface area contributed by atoms with Gasteiger partial charge in [0, 0.05) is 45.0 Å². The number of likely N-dealkylation sites (tertiary alicyclic amines) is 1. The van der Waals surface area contributed by atoms with Crippen LogP contribution in [0.25, 0.3) is 0 Å². The van der Waals surface area contributed by atoms with Crippen LogP contribution in [0.4, 0.5) is 5.82 Å². The molecule has 0 unspecified atom stereocenters. The standard InChI is InChI=1S/C13H20N4O2/c1-2-16-10-7-15-12(13(16)19)14-6-4-9-17-8-3-5-11(17)18/h7,10H,2-6,8-9H2,1H3,(H,14,15). The van der Waals surface area contributed by atoms with E-state index < -0.39 is 0 Å². The lowest BCUT2D eigenvalue weighted by atomic mass is 10.4. The molecule has 1 aliphatic heterocycles. The number of hydrogen-bond acceptors (Lipinski definition) is 4. The number of aryl methyl sites for hydroxylation is 1. The number of aromatic nitrogens is 2. The summed E-state index contributed by atoms with van der Waals surface area (Å²) in [4.78, 5) is 29.2. The van der Waals surface area contributed by atoms with Crippen LogP contribution in [0.2, 0.25) is 0 Å². The Labute approximate surface area is 112 Å². The van der Waals surface area contributed by atoms with Gasteiger partial charge in [0.05, 0.1) is 0 Å². The van der Waals surface area contributed by atoms with E-state index >= 15 is 0 Å². The summed E-state index contributed by atoms with van der Waals surface area (Å²) in [6, 6.07) is 0. The minimum absolute atomic E-state index is 0.0951. The molecule has 0 spiro atoms.